The Morgan fingerprint density at radius 1 is 1.35 bits per heavy atom. The van der Waals surface area contributed by atoms with E-state index in [0.29, 0.717) is 5.76 Å². The molecule has 6 heteroatoms. The summed E-state index contributed by atoms with van der Waals surface area (Å²) in [5.41, 5.74) is 0.326. The minimum absolute atomic E-state index is 0.0808. The van der Waals surface area contributed by atoms with Crippen LogP contribution < -0.4 is 5.32 Å². The van der Waals surface area contributed by atoms with E-state index < -0.39 is 15.4 Å². The van der Waals surface area contributed by atoms with Crippen LogP contribution >= 0.6 is 15.9 Å². The van der Waals surface area contributed by atoms with Gasteiger partial charge < -0.3 is 9.73 Å². The first-order valence-electron chi connectivity index (χ1n) is 6.41. The molecule has 0 saturated carbocycles. The first-order chi connectivity index (χ1) is 9.24. The van der Waals surface area contributed by atoms with Crippen LogP contribution in [0.2, 0.25) is 0 Å². The third-order valence-corrected chi connectivity index (χ3v) is 5.90. The van der Waals surface area contributed by atoms with Crippen LogP contribution in [-0.2, 0) is 9.84 Å². The number of halogens is 1. The number of fused-ring (bicyclic) bond motifs is 1. The van der Waals surface area contributed by atoms with E-state index in [1.54, 1.807) is 0 Å². The summed E-state index contributed by atoms with van der Waals surface area (Å²) in [6, 6.07) is 7.37. The summed E-state index contributed by atoms with van der Waals surface area (Å²) in [5.74, 6) is 0.911. The predicted octanol–water partition coefficient (Wildman–Crippen LogP) is 3.03. The third-order valence-electron chi connectivity index (χ3n) is 3.41. The summed E-state index contributed by atoms with van der Waals surface area (Å²) >= 11 is 3.42. The van der Waals surface area contributed by atoms with Crippen molar-refractivity contribution in [3.05, 3.63) is 34.5 Å². The lowest BCUT2D eigenvalue weighted by Gasteiger charge is -2.35. The molecule has 2 aromatic rings. The normalized spacial score (nSPS) is 24.9. The number of rotatable bonds is 1. The standard InChI is InChI=1S/C14H16BrNO3S/c1-14(2)8-20(17,18)7-11(16-14)13-6-9-5-10(15)3-4-12(9)19-13/h3-6,11,16H,7-8H2,1-2H3. The van der Waals surface area contributed by atoms with Gasteiger partial charge in [0.15, 0.2) is 9.84 Å². The van der Waals surface area contributed by atoms with Gasteiger partial charge in [0, 0.05) is 15.4 Å². The lowest BCUT2D eigenvalue weighted by atomic mass is 10.1. The third kappa shape index (κ3) is 2.77. The molecule has 2 heterocycles. The zero-order chi connectivity index (χ0) is 14.5. The maximum Gasteiger partial charge on any atom is 0.154 e. The SMILES string of the molecule is CC1(C)CS(=O)(=O)CC(c2cc3cc(Br)ccc3o2)N1. The van der Waals surface area contributed by atoms with Gasteiger partial charge in [-0.15, -0.1) is 0 Å². The van der Waals surface area contributed by atoms with Gasteiger partial charge in [0.05, 0.1) is 17.5 Å². The fourth-order valence-corrected chi connectivity index (χ4v) is 5.21. The zero-order valence-corrected chi connectivity index (χ0v) is 13.7. The highest BCUT2D eigenvalue weighted by atomic mass is 79.9. The van der Waals surface area contributed by atoms with E-state index in [2.05, 4.69) is 21.2 Å². The Hall–Kier alpha value is -0.850. The maximum atomic E-state index is 12.0. The number of benzene rings is 1. The second-order valence-electron chi connectivity index (χ2n) is 5.97. The summed E-state index contributed by atoms with van der Waals surface area (Å²) in [4.78, 5) is 0. The fraction of sp³-hybridized carbons (Fsp3) is 0.429. The molecule has 1 aliphatic rings. The lowest BCUT2D eigenvalue weighted by molar-refractivity contribution is 0.329. The van der Waals surface area contributed by atoms with Gasteiger partial charge in [0.1, 0.15) is 11.3 Å². The number of furan rings is 1. The van der Waals surface area contributed by atoms with Crippen LogP contribution in [-0.4, -0.2) is 25.5 Å². The topological polar surface area (TPSA) is 59.3 Å². The number of hydrogen-bond donors (Lipinski definition) is 1. The molecule has 0 amide bonds. The molecule has 1 saturated heterocycles. The molecule has 1 fully saturated rings. The van der Waals surface area contributed by atoms with Crippen LogP contribution in [0.25, 0.3) is 11.0 Å². The average Bonchev–Trinajstić information content (AvgIpc) is 2.67. The second-order valence-corrected chi connectivity index (χ2v) is 8.99. The quantitative estimate of drug-likeness (QED) is 0.851. The van der Waals surface area contributed by atoms with E-state index in [-0.39, 0.29) is 17.5 Å². The van der Waals surface area contributed by atoms with Crippen LogP contribution in [0.1, 0.15) is 25.6 Å². The molecule has 1 atom stereocenters. The van der Waals surface area contributed by atoms with Gasteiger partial charge in [0.2, 0.25) is 0 Å². The van der Waals surface area contributed by atoms with Crippen molar-refractivity contribution in [3.63, 3.8) is 0 Å². The maximum absolute atomic E-state index is 12.0. The highest BCUT2D eigenvalue weighted by molar-refractivity contribution is 9.10. The van der Waals surface area contributed by atoms with Gasteiger partial charge in [0.25, 0.3) is 0 Å². The van der Waals surface area contributed by atoms with Crippen molar-refractivity contribution in [1.82, 2.24) is 5.32 Å². The Kier molecular flexibility index (Phi) is 3.23. The van der Waals surface area contributed by atoms with E-state index in [0.717, 1.165) is 15.4 Å². The highest BCUT2D eigenvalue weighted by Gasteiger charge is 2.38. The van der Waals surface area contributed by atoms with Crippen LogP contribution in [0.3, 0.4) is 0 Å². The van der Waals surface area contributed by atoms with Crippen molar-refractivity contribution in [2.24, 2.45) is 0 Å². The molecule has 1 aromatic carbocycles. The minimum Gasteiger partial charge on any atom is -0.459 e. The van der Waals surface area contributed by atoms with Crippen LogP contribution in [0.5, 0.6) is 0 Å². The summed E-state index contributed by atoms with van der Waals surface area (Å²) < 4.78 is 30.8. The lowest BCUT2D eigenvalue weighted by Crippen LogP contribution is -2.53. The van der Waals surface area contributed by atoms with Crippen molar-refractivity contribution in [2.45, 2.75) is 25.4 Å². The van der Waals surface area contributed by atoms with Crippen molar-refractivity contribution in [3.8, 4) is 0 Å². The van der Waals surface area contributed by atoms with E-state index in [1.165, 1.54) is 0 Å². The second kappa shape index (κ2) is 4.58. The number of sulfone groups is 1. The molecule has 0 radical (unpaired) electrons. The van der Waals surface area contributed by atoms with Gasteiger partial charge in [-0.3, -0.25) is 0 Å². The van der Waals surface area contributed by atoms with Crippen LogP contribution in [0, 0.1) is 0 Å². The smallest absolute Gasteiger partial charge is 0.154 e. The van der Waals surface area contributed by atoms with E-state index in [9.17, 15) is 8.42 Å². The Labute approximate surface area is 126 Å². The molecule has 1 aromatic heterocycles. The first kappa shape index (κ1) is 14.1. The largest absolute Gasteiger partial charge is 0.459 e. The Morgan fingerprint density at radius 2 is 2.10 bits per heavy atom. The molecule has 1 N–H and O–H groups in total. The molecule has 0 aliphatic carbocycles. The average molecular weight is 358 g/mol. The molecule has 3 rings (SSSR count). The van der Waals surface area contributed by atoms with Crippen LogP contribution in [0.15, 0.2) is 33.2 Å². The van der Waals surface area contributed by atoms with E-state index in [1.807, 2.05) is 38.1 Å². The Bertz CT molecular complexity index is 764. The van der Waals surface area contributed by atoms with Crippen LogP contribution in [0.4, 0.5) is 0 Å². The van der Waals surface area contributed by atoms with Crippen molar-refractivity contribution >= 4 is 36.7 Å². The van der Waals surface area contributed by atoms with E-state index >= 15 is 0 Å². The molecule has 108 valence electrons. The molecule has 0 bridgehead atoms. The van der Waals surface area contributed by atoms with Gasteiger partial charge in [-0.2, -0.15) is 0 Å². The Morgan fingerprint density at radius 3 is 2.80 bits per heavy atom. The summed E-state index contributed by atoms with van der Waals surface area (Å²) in [7, 11) is -3.07. The Balaban J connectivity index is 2.02. The van der Waals surface area contributed by atoms with Gasteiger partial charge in [-0.05, 0) is 38.1 Å². The predicted molar refractivity (Wildman–Crippen MR) is 82.5 cm³/mol. The molecular formula is C14H16BrNO3S. The molecule has 1 unspecified atom stereocenters. The van der Waals surface area contributed by atoms with Gasteiger partial charge in [-0.25, -0.2) is 8.42 Å². The van der Waals surface area contributed by atoms with Gasteiger partial charge in [-0.1, -0.05) is 15.9 Å². The van der Waals surface area contributed by atoms with E-state index in [4.69, 9.17) is 4.42 Å². The molecule has 4 nitrogen and oxygen atoms in total. The fourth-order valence-electron chi connectivity index (χ4n) is 2.78. The van der Waals surface area contributed by atoms with Crippen molar-refractivity contribution in [1.29, 1.82) is 0 Å². The molecule has 0 spiro atoms. The summed E-state index contributed by atoms with van der Waals surface area (Å²) in [6.07, 6.45) is 0. The monoisotopic (exact) mass is 357 g/mol. The molecule has 1 aliphatic heterocycles. The first-order valence-corrected chi connectivity index (χ1v) is 9.03. The van der Waals surface area contributed by atoms with Gasteiger partial charge >= 0.3 is 0 Å². The zero-order valence-electron chi connectivity index (χ0n) is 11.3. The van der Waals surface area contributed by atoms with Crippen molar-refractivity contribution in [2.75, 3.05) is 11.5 Å². The summed E-state index contributed by atoms with van der Waals surface area (Å²) in [5, 5.41) is 4.32. The highest BCUT2D eigenvalue weighted by Crippen LogP contribution is 2.31. The molecular weight excluding hydrogens is 342 g/mol. The minimum atomic E-state index is -3.07. The number of hydrogen-bond acceptors (Lipinski definition) is 4. The van der Waals surface area contributed by atoms with Crippen molar-refractivity contribution < 1.29 is 12.8 Å². The summed E-state index contributed by atoms with van der Waals surface area (Å²) in [6.45, 7) is 3.80. The number of nitrogens with one attached hydrogen (secondary N) is 1. The molecule has 20 heavy (non-hydrogen) atoms.